The third kappa shape index (κ3) is 4.23. The van der Waals surface area contributed by atoms with Crippen LogP contribution >= 0.6 is 11.8 Å². The fraction of sp³-hybridized carbons (Fsp3) is 0.200. The number of hydrogen-bond donors (Lipinski definition) is 2. The van der Waals surface area contributed by atoms with Crippen molar-refractivity contribution in [2.75, 3.05) is 11.1 Å². The lowest BCUT2D eigenvalue weighted by Gasteiger charge is -2.11. The van der Waals surface area contributed by atoms with Crippen molar-refractivity contribution in [2.45, 2.75) is 31.7 Å². The molecule has 0 spiro atoms. The zero-order valence-electron chi connectivity index (χ0n) is 16.9. The van der Waals surface area contributed by atoms with Crippen molar-refractivity contribution in [2.24, 2.45) is 0 Å². The summed E-state index contributed by atoms with van der Waals surface area (Å²) in [7, 11) is 0. The minimum absolute atomic E-state index is 0.158. The molecular weight excluding hydrogens is 398 g/mol. The molecule has 0 radical (unpaired) electrons. The fourth-order valence-corrected chi connectivity index (χ4v) is 3.80. The topological polar surface area (TPSA) is 120 Å². The van der Waals surface area contributed by atoms with E-state index in [-0.39, 0.29) is 5.95 Å². The van der Waals surface area contributed by atoms with Gasteiger partial charge < -0.3 is 11.1 Å². The third-order valence-electron chi connectivity index (χ3n) is 4.51. The van der Waals surface area contributed by atoms with Gasteiger partial charge in [0.25, 0.3) is 0 Å². The Morgan fingerprint density at radius 2 is 1.67 bits per heavy atom. The van der Waals surface area contributed by atoms with Crippen LogP contribution in [0.15, 0.2) is 47.6 Å². The van der Waals surface area contributed by atoms with E-state index in [0.717, 1.165) is 28.1 Å². The van der Waals surface area contributed by atoms with Crippen molar-refractivity contribution in [3.8, 4) is 5.69 Å². The zero-order valence-corrected chi connectivity index (χ0v) is 17.7. The van der Waals surface area contributed by atoms with Gasteiger partial charge in [0.2, 0.25) is 17.1 Å². The fourth-order valence-electron chi connectivity index (χ4n) is 3.07. The maximum Gasteiger partial charge on any atom is 0.232 e. The lowest BCUT2D eigenvalue weighted by Crippen LogP contribution is -2.08. The van der Waals surface area contributed by atoms with E-state index in [9.17, 15) is 0 Å². The molecule has 2 aromatic carbocycles. The largest absolute Gasteiger partial charge is 0.368 e. The van der Waals surface area contributed by atoms with E-state index >= 15 is 0 Å². The number of anilines is 3. The van der Waals surface area contributed by atoms with Crippen LogP contribution in [0.2, 0.25) is 0 Å². The summed E-state index contributed by atoms with van der Waals surface area (Å²) in [4.78, 5) is 12.9. The van der Waals surface area contributed by atoms with Crippen molar-refractivity contribution >= 4 is 29.3 Å². The average Bonchev–Trinajstić information content (AvgIpc) is 3.16. The lowest BCUT2D eigenvalue weighted by molar-refractivity contribution is 0.747. The summed E-state index contributed by atoms with van der Waals surface area (Å²) in [6.45, 7) is 6.08. The van der Waals surface area contributed by atoms with Gasteiger partial charge in [0.15, 0.2) is 0 Å². The van der Waals surface area contributed by atoms with Crippen LogP contribution in [0.1, 0.15) is 22.5 Å². The number of aromatic nitrogens is 7. The number of nitrogens with zero attached hydrogens (tertiary/aromatic N) is 7. The SMILES string of the molecule is Cc1ccccc1Nc1nc(N)nc(CSc2nnnn2-c2c(C)cccc2C)n1. The molecule has 10 heteroatoms. The van der Waals surface area contributed by atoms with E-state index in [1.807, 2.05) is 63.2 Å². The van der Waals surface area contributed by atoms with Crippen LogP contribution in [-0.2, 0) is 5.75 Å². The Morgan fingerprint density at radius 3 is 2.43 bits per heavy atom. The molecular formula is C20H21N9S. The number of thioether (sulfide) groups is 1. The number of hydrogen-bond acceptors (Lipinski definition) is 9. The minimum Gasteiger partial charge on any atom is -0.368 e. The number of nitrogen functional groups attached to an aromatic ring is 1. The molecule has 0 aliphatic rings. The molecule has 152 valence electrons. The first-order valence-corrected chi connectivity index (χ1v) is 10.3. The number of rotatable bonds is 6. The predicted molar refractivity (Wildman–Crippen MR) is 117 cm³/mol. The molecule has 2 aromatic heterocycles. The third-order valence-corrected chi connectivity index (χ3v) is 5.43. The molecule has 0 fully saturated rings. The normalized spacial score (nSPS) is 10.9. The number of nitrogens with two attached hydrogens (primary N) is 1. The van der Waals surface area contributed by atoms with Crippen LogP contribution in [-0.4, -0.2) is 35.2 Å². The summed E-state index contributed by atoms with van der Waals surface area (Å²) < 4.78 is 1.74. The van der Waals surface area contributed by atoms with Crippen LogP contribution in [0.3, 0.4) is 0 Å². The Balaban J connectivity index is 1.55. The highest BCUT2D eigenvalue weighted by atomic mass is 32.2. The van der Waals surface area contributed by atoms with Crippen molar-refractivity contribution < 1.29 is 0 Å². The van der Waals surface area contributed by atoms with Crippen molar-refractivity contribution in [3.63, 3.8) is 0 Å². The number of tetrazole rings is 1. The molecule has 0 amide bonds. The summed E-state index contributed by atoms with van der Waals surface area (Å²) in [6.07, 6.45) is 0. The highest BCUT2D eigenvalue weighted by Crippen LogP contribution is 2.25. The standard InChI is InChI=1S/C20H21N9S/c1-12-7-4-5-10-15(12)22-19-24-16(23-18(21)25-19)11-30-20-26-27-28-29(20)17-13(2)8-6-9-14(17)3/h4-10H,11H2,1-3H3,(H3,21,22,23,24,25). The van der Waals surface area contributed by atoms with Crippen LogP contribution in [0.25, 0.3) is 5.69 Å². The van der Waals surface area contributed by atoms with Crippen LogP contribution < -0.4 is 11.1 Å². The smallest absolute Gasteiger partial charge is 0.232 e. The lowest BCUT2D eigenvalue weighted by atomic mass is 10.1. The van der Waals surface area contributed by atoms with Crippen molar-refractivity contribution in [1.82, 2.24) is 35.2 Å². The Hall–Kier alpha value is -3.53. The van der Waals surface area contributed by atoms with Gasteiger partial charge in [-0.25, -0.2) is 0 Å². The van der Waals surface area contributed by atoms with E-state index in [1.54, 1.807) is 4.68 Å². The van der Waals surface area contributed by atoms with Crippen LogP contribution in [0.5, 0.6) is 0 Å². The van der Waals surface area contributed by atoms with Gasteiger partial charge in [0.05, 0.1) is 11.4 Å². The Labute approximate surface area is 178 Å². The van der Waals surface area contributed by atoms with E-state index < -0.39 is 0 Å². The second-order valence-electron chi connectivity index (χ2n) is 6.78. The molecule has 0 atom stereocenters. The zero-order chi connectivity index (χ0) is 21.1. The van der Waals surface area contributed by atoms with Gasteiger partial charge in [-0.3, -0.25) is 0 Å². The molecule has 30 heavy (non-hydrogen) atoms. The van der Waals surface area contributed by atoms with Gasteiger partial charge in [-0.1, -0.05) is 48.2 Å². The van der Waals surface area contributed by atoms with E-state index in [2.05, 4.69) is 35.8 Å². The molecule has 2 heterocycles. The molecule has 0 aliphatic heterocycles. The van der Waals surface area contributed by atoms with Crippen molar-refractivity contribution in [3.05, 3.63) is 65.0 Å². The Kier molecular flexibility index (Phi) is 5.57. The second kappa shape index (κ2) is 8.46. The van der Waals surface area contributed by atoms with Gasteiger partial charge in [0, 0.05) is 5.69 Å². The van der Waals surface area contributed by atoms with Crippen LogP contribution in [0.4, 0.5) is 17.6 Å². The molecule has 0 bridgehead atoms. The molecule has 3 N–H and O–H groups in total. The number of benzene rings is 2. The molecule has 9 nitrogen and oxygen atoms in total. The van der Waals surface area contributed by atoms with Gasteiger partial charge in [-0.2, -0.15) is 19.6 Å². The first-order valence-electron chi connectivity index (χ1n) is 9.32. The molecule has 0 saturated carbocycles. The monoisotopic (exact) mass is 419 g/mol. The minimum atomic E-state index is 0.158. The van der Waals surface area contributed by atoms with E-state index in [4.69, 9.17) is 5.73 Å². The molecule has 0 unspecified atom stereocenters. The first kappa shape index (κ1) is 19.8. The van der Waals surface area contributed by atoms with Gasteiger partial charge >= 0.3 is 0 Å². The number of nitrogens with one attached hydrogen (secondary N) is 1. The van der Waals surface area contributed by atoms with E-state index in [1.165, 1.54) is 11.8 Å². The highest BCUT2D eigenvalue weighted by Gasteiger charge is 2.15. The molecule has 4 rings (SSSR count). The number of para-hydroxylation sites is 2. The summed E-state index contributed by atoms with van der Waals surface area (Å²) in [5, 5.41) is 16.0. The second-order valence-corrected chi connectivity index (χ2v) is 7.72. The Morgan fingerprint density at radius 1 is 0.933 bits per heavy atom. The summed E-state index contributed by atoms with van der Waals surface area (Å²) in [5.74, 6) is 1.55. The molecule has 0 saturated heterocycles. The molecule has 4 aromatic rings. The van der Waals surface area contributed by atoms with Crippen molar-refractivity contribution in [1.29, 1.82) is 0 Å². The van der Waals surface area contributed by atoms with E-state index in [0.29, 0.717) is 22.7 Å². The first-order chi connectivity index (χ1) is 14.5. The number of aryl methyl sites for hydroxylation is 3. The predicted octanol–water partition coefficient (Wildman–Crippen LogP) is 3.39. The molecule has 0 aliphatic carbocycles. The van der Waals surface area contributed by atoms with Gasteiger partial charge in [0.1, 0.15) is 5.82 Å². The van der Waals surface area contributed by atoms with Crippen LogP contribution in [0, 0.1) is 20.8 Å². The summed E-state index contributed by atoms with van der Waals surface area (Å²) in [6, 6.07) is 14.0. The maximum atomic E-state index is 5.90. The highest BCUT2D eigenvalue weighted by molar-refractivity contribution is 7.98. The maximum absolute atomic E-state index is 5.90. The van der Waals surface area contributed by atoms with Gasteiger partial charge in [-0.15, -0.1) is 5.10 Å². The van der Waals surface area contributed by atoms with Gasteiger partial charge in [-0.05, 0) is 54.0 Å². The quantitative estimate of drug-likeness (QED) is 0.453. The summed E-state index contributed by atoms with van der Waals surface area (Å²) >= 11 is 1.44. The average molecular weight is 420 g/mol. The summed E-state index contributed by atoms with van der Waals surface area (Å²) in [5.41, 5.74) is 11.1. The Bertz CT molecular complexity index is 1170.